The zero-order chi connectivity index (χ0) is 7.84. The van der Waals surface area contributed by atoms with Gasteiger partial charge in [-0.1, -0.05) is 0 Å². The molecule has 1 atom stereocenters. The van der Waals surface area contributed by atoms with Crippen LogP contribution in [0.25, 0.3) is 0 Å². The molecule has 1 aliphatic carbocycles. The molecule has 0 spiro atoms. The lowest BCUT2D eigenvalue weighted by Crippen LogP contribution is -2.12. The highest BCUT2D eigenvalue weighted by molar-refractivity contribution is 5.26. The van der Waals surface area contributed by atoms with Gasteiger partial charge in [-0.15, -0.1) is 0 Å². The number of fused-ring (bicyclic) bond motifs is 1. The number of aromatic nitrogens is 2. The molecule has 3 nitrogen and oxygen atoms in total. The molecule has 2 rings (SSSR count). The van der Waals surface area contributed by atoms with Crippen LogP contribution in [0.15, 0.2) is 6.20 Å². The Morgan fingerprint density at radius 1 is 1.73 bits per heavy atom. The Kier molecular flexibility index (Phi) is 1.46. The van der Waals surface area contributed by atoms with Crippen LogP contribution >= 0.6 is 0 Å². The van der Waals surface area contributed by atoms with E-state index < -0.39 is 0 Å². The summed E-state index contributed by atoms with van der Waals surface area (Å²) in [5.74, 6) is 0. The van der Waals surface area contributed by atoms with Crippen molar-refractivity contribution in [3.05, 3.63) is 17.5 Å². The first-order valence-corrected chi connectivity index (χ1v) is 4.01. The Morgan fingerprint density at radius 2 is 2.55 bits per heavy atom. The smallest absolute Gasteiger partial charge is 0.0540 e. The van der Waals surface area contributed by atoms with Crippen molar-refractivity contribution < 1.29 is 0 Å². The third-order valence-electron chi connectivity index (χ3n) is 2.49. The average Bonchev–Trinajstić information content (AvgIpc) is 2.53. The van der Waals surface area contributed by atoms with E-state index in [0.29, 0.717) is 6.04 Å². The highest BCUT2D eigenvalue weighted by Gasteiger charge is 2.23. The van der Waals surface area contributed by atoms with E-state index in [9.17, 15) is 0 Å². The summed E-state index contributed by atoms with van der Waals surface area (Å²) in [5, 5.41) is 7.49. The SMILES string of the molecule is CN[C@H]1CCc2c1cnn2C. The monoisotopic (exact) mass is 151 g/mol. The van der Waals surface area contributed by atoms with Crippen LogP contribution in [0, 0.1) is 0 Å². The van der Waals surface area contributed by atoms with E-state index in [2.05, 4.69) is 10.4 Å². The lowest BCUT2D eigenvalue weighted by atomic mass is 10.2. The Bertz CT molecular complexity index is 264. The van der Waals surface area contributed by atoms with Gasteiger partial charge in [0.2, 0.25) is 0 Å². The summed E-state index contributed by atoms with van der Waals surface area (Å²) < 4.78 is 1.98. The van der Waals surface area contributed by atoms with Gasteiger partial charge in [0, 0.05) is 24.3 Å². The minimum Gasteiger partial charge on any atom is -0.313 e. The topological polar surface area (TPSA) is 29.9 Å². The fraction of sp³-hybridized carbons (Fsp3) is 0.625. The summed E-state index contributed by atoms with van der Waals surface area (Å²) in [5.41, 5.74) is 2.78. The second kappa shape index (κ2) is 2.34. The lowest BCUT2D eigenvalue weighted by molar-refractivity contribution is 0.581. The normalized spacial score (nSPS) is 22.2. The summed E-state index contributed by atoms with van der Waals surface area (Å²) in [6.07, 6.45) is 4.36. The summed E-state index contributed by atoms with van der Waals surface area (Å²) in [6, 6.07) is 0.540. The van der Waals surface area contributed by atoms with Crippen LogP contribution < -0.4 is 5.32 Å². The molecule has 0 amide bonds. The standard InChI is InChI=1S/C8H13N3/c1-9-7-3-4-8-6(7)5-10-11(8)2/h5,7,9H,3-4H2,1-2H3/t7-/m0/s1. The predicted molar refractivity (Wildman–Crippen MR) is 43.3 cm³/mol. The van der Waals surface area contributed by atoms with Crippen LogP contribution in [-0.4, -0.2) is 16.8 Å². The Hall–Kier alpha value is -0.830. The molecule has 1 aliphatic rings. The fourth-order valence-corrected chi connectivity index (χ4v) is 1.81. The third kappa shape index (κ3) is 0.878. The quantitative estimate of drug-likeness (QED) is 0.638. The first-order valence-electron chi connectivity index (χ1n) is 4.01. The lowest BCUT2D eigenvalue weighted by Gasteiger charge is -2.05. The molecule has 60 valence electrons. The molecule has 1 aromatic rings. The van der Waals surface area contributed by atoms with Crippen molar-refractivity contribution in [1.29, 1.82) is 0 Å². The highest BCUT2D eigenvalue weighted by Crippen LogP contribution is 2.29. The molecule has 0 unspecified atom stereocenters. The van der Waals surface area contributed by atoms with Crippen LogP contribution in [-0.2, 0) is 13.5 Å². The summed E-state index contributed by atoms with van der Waals surface area (Å²) in [4.78, 5) is 0. The Labute approximate surface area is 66.4 Å². The molecule has 0 saturated carbocycles. The van der Waals surface area contributed by atoms with Gasteiger partial charge in [0.05, 0.1) is 6.20 Å². The maximum absolute atomic E-state index is 4.21. The number of nitrogens with one attached hydrogen (secondary N) is 1. The van der Waals surface area contributed by atoms with Gasteiger partial charge in [0.15, 0.2) is 0 Å². The number of nitrogens with zero attached hydrogens (tertiary/aromatic N) is 2. The molecule has 0 fully saturated rings. The summed E-state index contributed by atoms with van der Waals surface area (Å²) in [6.45, 7) is 0. The van der Waals surface area contributed by atoms with Crippen molar-refractivity contribution in [2.45, 2.75) is 18.9 Å². The van der Waals surface area contributed by atoms with E-state index in [1.165, 1.54) is 17.7 Å². The van der Waals surface area contributed by atoms with Gasteiger partial charge in [-0.3, -0.25) is 4.68 Å². The van der Waals surface area contributed by atoms with Crippen LogP contribution in [0.4, 0.5) is 0 Å². The van der Waals surface area contributed by atoms with Gasteiger partial charge in [-0.25, -0.2) is 0 Å². The number of hydrogen-bond donors (Lipinski definition) is 1. The Balaban J connectivity index is 2.40. The first-order chi connectivity index (χ1) is 5.33. The van der Waals surface area contributed by atoms with Gasteiger partial charge in [-0.05, 0) is 19.9 Å². The van der Waals surface area contributed by atoms with Crippen molar-refractivity contribution in [2.75, 3.05) is 7.05 Å². The third-order valence-corrected chi connectivity index (χ3v) is 2.49. The molecule has 1 N–H and O–H groups in total. The van der Waals surface area contributed by atoms with Gasteiger partial charge in [0.1, 0.15) is 0 Å². The molecule has 0 aromatic carbocycles. The average molecular weight is 151 g/mol. The molecule has 0 bridgehead atoms. The highest BCUT2D eigenvalue weighted by atomic mass is 15.3. The van der Waals surface area contributed by atoms with Crippen molar-refractivity contribution >= 4 is 0 Å². The maximum Gasteiger partial charge on any atom is 0.0540 e. The largest absolute Gasteiger partial charge is 0.313 e. The van der Waals surface area contributed by atoms with E-state index in [0.717, 1.165) is 6.42 Å². The van der Waals surface area contributed by atoms with E-state index >= 15 is 0 Å². The van der Waals surface area contributed by atoms with Gasteiger partial charge in [0.25, 0.3) is 0 Å². The zero-order valence-corrected chi connectivity index (χ0v) is 6.96. The first kappa shape index (κ1) is 6.85. The van der Waals surface area contributed by atoms with Crippen LogP contribution in [0.5, 0.6) is 0 Å². The molecule has 0 radical (unpaired) electrons. The summed E-state index contributed by atoms with van der Waals surface area (Å²) in [7, 11) is 4.02. The Morgan fingerprint density at radius 3 is 3.27 bits per heavy atom. The van der Waals surface area contributed by atoms with Gasteiger partial charge >= 0.3 is 0 Å². The van der Waals surface area contributed by atoms with Crippen LogP contribution in [0.2, 0.25) is 0 Å². The van der Waals surface area contributed by atoms with Crippen molar-refractivity contribution in [2.24, 2.45) is 7.05 Å². The predicted octanol–water partition coefficient (Wildman–Crippen LogP) is 0.627. The van der Waals surface area contributed by atoms with E-state index in [1.807, 2.05) is 25.0 Å². The molecular formula is C8H13N3. The molecule has 1 aromatic heterocycles. The minimum atomic E-state index is 0.540. The van der Waals surface area contributed by atoms with Crippen molar-refractivity contribution in [3.8, 4) is 0 Å². The molecule has 1 heterocycles. The molecule has 0 saturated heterocycles. The van der Waals surface area contributed by atoms with Gasteiger partial charge < -0.3 is 5.32 Å². The summed E-state index contributed by atoms with van der Waals surface area (Å²) >= 11 is 0. The van der Waals surface area contributed by atoms with Crippen molar-refractivity contribution in [1.82, 2.24) is 15.1 Å². The van der Waals surface area contributed by atoms with E-state index in [1.54, 1.807) is 0 Å². The molecule has 0 aliphatic heterocycles. The molecule has 3 heteroatoms. The van der Waals surface area contributed by atoms with Crippen molar-refractivity contribution in [3.63, 3.8) is 0 Å². The van der Waals surface area contributed by atoms with E-state index in [4.69, 9.17) is 0 Å². The van der Waals surface area contributed by atoms with Crippen LogP contribution in [0.1, 0.15) is 23.7 Å². The zero-order valence-electron chi connectivity index (χ0n) is 6.96. The van der Waals surface area contributed by atoms with Gasteiger partial charge in [-0.2, -0.15) is 5.10 Å². The maximum atomic E-state index is 4.21. The fourth-order valence-electron chi connectivity index (χ4n) is 1.81. The molecular weight excluding hydrogens is 138 g/mol. The van der Waals surface area contributed by atoms with E-state index in [-0.39, 0.29) is 0 Å². The molecule has 11 heavy (non-hydrogen) atoms. The second-order valence-electron chi connectivity index (χ2n) is 3.05. The van der Waals surface area contributed by atoms with Crippen LogP contribution in [0.3, 0.4) is 0 Å². The number of aryl methyl sites for hydroxylation is 1. The second-order valence-corrected chi connectivity index (χ2v) is 3.05. The number of rotatable bonds is 1. The number of hydrogen-bond acceptors (Lipinski definition) is 2. The minimum absolute atomic E-state index is 0.540.